The van der Waals surface area contributed by atoms with Crippen LogP contribution in [0.4, 0.5) is 0 Å². The molecule has 0 radical (unpaired) electrons. The highest BCUT2D eigenvalue weighted by Crippen LogP contribution is 2.07. The van der Waals surface area contributed by atoms with Gasteiger partial charge in [-0.3, -0.25) is 9.59 Å². The SMILES string of the molecule is O=C(CNC(=O)Cc1ccccc1)NCCc1cnn(-c2ccccc2)c1. The van der Waals surface area contributed by atoms with Crippen LogP contribution in [0.25, 0.3) is 5.69 Å². The summed E-state index contributed by atoms with van der Waals surface area (Å²) in [7, 11) is 0. The van der Waals surface area contributed by atoms with Crippen LogP contribution in [0.5, 0.6) is 0 Å². The Hall–Kier alpha value is -3.41. The smallest absolute Gasteiger partial charge is 0.239 e. The third kappa shape index (κ3) is 5.81. The van der Waals surface area contributed by atoms with Crippen molar-refractivity contribution in [3.05, 3.63) is 84.2 Å². The number of hydrogen-bond acceptors (Lipinski definition) is 3. The van der Waals surface area contributed by atoms with Crippen LogP contribution in [0, 0.1) is 0 Å². The van der Waals surface area contributed by atoms with Gasteiger partial charge < -0.3 is 10.6 Å². The lowest BCUT2D eigenvalue weighted by Gasteiger charge is -2.06. The average molecular weight is 362 g/mol. The second kappa shape index (κ2) is 9.33. The topological polar surface area (TPSA) is 76.0 Å². The van der Waals surface area contributed by atoms with Crippen LogP contribution in [0.2, 0.25) is 0 Å². The van der Waals surface area contributed by atoms with Gasteiger partial charge in [0.15, 0.2) is 0 Å². The van der Waals surface area contributed by atoms with Gasteiger partial charge in [0.25, 0.3) is 0 Å². The first-order valence-electron chi connectivity index (χ1n) is 8.87. The molecule has 0 aliphatic heterocycles. The minimum absolute atomic E-state index is 0.0189. The first kappa shape index (κ1) is 18.4. The van der Waals surface area contributed by atoms with E-state index in [4.69, 9.17) is 0 Å². The number of nitrogens with one attached hydrogen (secondary N) is 2. The number of para-hydroxylation sites is 1. The number of aromatic nitrogens is 2. The first-order valence-corrected chi connectivity index (χ1v) is 8.87. The van der Waals surface area contributed by atoms with Crippen molar-refractivity contribution < 1.29 is 9.59 Å². The van der Waals surface area contributed by atoms with Crippen molar-refractivity contribution in [3.63, 3.8) is 0 Å². The lowest BCUT2D eigenvalue weighted by Crippen LogP contribution is -2.38. The third-order valence-corrected chi connectivity index (χ3v) is 4.05. The Labute approximate surface area is 158 Å². The number of rotatable bonds is 8. The van der Waals surface area contributed by atoms with Crippen LogP contribution in [0.3, 0.4) is 0 Å². The Morgan fingerprint density at radius 1 is 0.852 bits per heavy atom. The number of carbonyl (C=O) groups is 2. The number of nitrogens with zero attached hydrogens (tertiary/aromatic N) is 2. The molecule has 0 atom stereocenters. The molecule has 0 saturated heterocycles. The van der Waals surface area contributed by atoms with E-state index in [9.17, 15) is 9.59 Å². The number of carbonyl (C=O) groups excluding carboxylic acids is 2. The summed E-state index contributed by atoms with van der Waals surface area (Å²) in [4.78, 5) is 23.7. The van der Waals surface area contributed by atoms with E-state index in [0.29, 0.717) is 13.0 Å². The molecule has 27 heavy (non-hydrogen) atoms. The zero-order chi connectivity index (χ0) is 18.9. The standard InChI is InChI=1S/C21H22N4O2/c26-20(13-17-7-3-1-4-8-17)23-15-21(27)22-12-11-18-14-24-25(16-18)19-9-5-2-6-10-19/h1-10,14,16H,11-13,15H2,(H,22,27)(H,23,26). The molecule has 0 fully saturated rings. The van der Waals surface area contributed by atoms with Crippen LogP contribution in [0.15, 0.2) is 73.1 Å². The Kier molecular flexibility index (Phi) is 6.35. The lowest BCUT2D eigenvalue weighted by molar-refractivity contribution is -0.125. The second-order valence-electron chi connectivity index (χ2n) is 6.17. The van der Waals surface area contributed by atoms with Gasteiger partial charge in [0, 0.05) is 12.7 Å². The molecule has 0 aliphatic carbocycles. The fourth-order valence-corrected chi connectivity index (χ4v) is 2.64. The molecule has 138 valence electrons. The van der Waals surface area contributed by atoms with Crippen molar-refractivity contribution in [2.45, 2.75) is 12.8 Å². The fourth-order valence-electron chi connectivity index (χ4n) is 2.64. The van der Waals surface area contributed by atoms with E-state index in [0.717, 1.165) is 16.8 Å². The van der Waals surface area contributed by atoms with E-state index in [2.05, 4.69) is 15.7 Å². The molecule has 0 spiro atoms. The number of benzene rings is 2. The summed E-state index contributed by atoms with van der Waals surface area (Å²) in [6.45, 7) is 0.475. The minimum Gasteiger partial charge on any atom is -0.354 e. The maximum Gasteiger partial charge on any atom is 0.239 e. The predicted molar refractivity (Wildman–Crippen MR) is 103 cm³/mol. The quantitative estimate of drug-likeness (QED) is 0.642. The van der Waals surface area contributed by atoms with Crippen molar-refractivity contribution in [2.24, 2.45) is 0 Å². The molecule has 6 heteroatoms. The Bertz CT molecular complexity index is 875. The summed E-state index contributed by atoms with van der Waals surface area (Å²) in [5.74, 6) is -0.368. The Balaban J connectivity index is 1.36. The molecule has 0 unspecified atom stereocenters. The first-order chi connectivity index (χ1) is 13.2. The van der Waals surface area contributed by atoms with Crippen molar-refractivity contribution in [1.82, 2.24) is 20.4 Å². The molecule has 2 amide bonds. The maximum atomic E-state index is 11.9. The summed E-state index contributed by atoms with van der Waals surface area (Å²) >= 11 is 0. The maximum absolute atomic E-state index is 11.9. The van der Waals surface area contributed by atoms with E-state index >= 15 is 0 Å². The average Bonchev–Trinajstić information content (AvgIpc) is 3.17. The Morgan fingerprint density at radius 2 is 1.56 bits per heavy atom. The van der Waals surface area contributed by atoms with Gasteiger partial charge >= 0.3 is 0 Å². The van der Waals surface area contributed by atoms with Gasteiger partial charge in [0.05, 0.1) is 24.8 Å². The largest absolute Gasteiger partial charge is 0.354 e. The summed E-state index contributed by atoms with van der Waals surface area (Å²) in [6.07, 6.45) is 4.69. The van der Waals surface area contributed by atoms with Crippen molar-refractivity contribution in [2.75, 3.05) is 13.1 Å². The highest BCUT2D eigenvalue weighted by Gasteiger charge is 2.07. The van der Waals surface area contributed by atoms with E-state index < -0.39 is 0 Å². The molecule has 6 nitrogen and oxygen atoms in total. The summed E-state index contributed by atoms with van der Waals surface area (Å²) < 4.78 is 1.81. The number of hydrogen-bond donors (Lipinski definition) is 2. The van der Waals surface area contributed by atoms with Crippen LogP contribution in [-0.2, 0) is 22.4 Å². The highest BCUT2D eigenvalue weighted by molar-refractivity contribution is 5.85. The molecular weight excluding hydrogens is 340 g/mol. The molecule has 3 rings (SSSR count). The van der Waals surface area contributed by atoms with Gasteiger partial charge in [-0.2, -0.15) is 5.10 Å². The van der Waals surface area contributed by atoms with Crippen LogP contribution >= 0.6 is 0 Å². The molecule has 0 aliphatic rings. The van der Waals surface area contributed by atoms with Crippen molar-refractivity contribution >= 4 is 11.8 Å². The molecule has 1 aromatic heterocycles. The van der Waals surface area contributed by atoms with E-state index in [1.54, 1.807) is 10.9 Å². The fraction of sp³-hybridized carbons (Fsp3) is 0.190. The second-order valence-corrected chi connectivity index (χ2v) is 6.17. The predicted octanol–water partition coefficient (Wildman–Crippen LogP) is 1.89. The summed E-state index contributed by atoms with van der Waals surface area (Å²) in [6, 6.07) is 19.3. The lowest BCUT2D eigenvalue weighted by atomic mass is 10.1. The van der Waals surface area contributed by atoms with E-state index in [-0.39, 0.29) is 24.8 Å². The van der Waals surface area contributed by atoms with Crippen molar-refractivity contribution in [3.8, 4) is 5.69 Å². The van der Waals surface area contributed by atoms with Gasteiger partial charge in [-0.1, -0.05) is 48.5 Å². The normalized spacial score (nSPS) is 10.4. The van der Waals surface area contributed by atoms with Crippen LogP contribution in [-0.4, -0.2) is 34.7 Å². The molecular formula is C21H22N4O2. The Morgan fingerprint density at radius 3 is 2.30 bits per heavy atom. The van der Waals surface area contributed by atoms with Gasteiger partial charge in [-0.25, -0.2) is 4.68 Å². The van der Waals surface area contributed by atoms with Crippen molar-refractivity contribution in [1.29, 1.82) is 0 Å². The molecule has 0 bridgehead atoms. The van der Waals surface area contributed by atoms with Gasteiger partial charge in [-0.15, -0.1) is 0 Å². The molecule has 0 saturated carbocycles. The van der Waals surface area contributed by atoms with Gasteiger partial charge in [-0.05, 0) is 29.7 Å². The monoisotopic (exact) mass is 362 g/mol. The van der Waals surface area contributed by atoms with Gasteiger partial charge in [0.1, 0.15) is 0 Å². The van der Waals surface area contributed by atoms with E-state index in [1.807, 2.05) is 66.9 Å². The third-order valence-electron chi connectivity index (χ3n) is 4.05. The molecule has 1 heterocycles. The zero-order valence-electron chi connectivity index (χ0n) is 15.0. The van der Waals surface area contributed by atoms with Gasteiger partial charge in [0.2, 0.25) is 11.8 Å². The van der Waals surface area contributed by atoms with Crippen LogP contribution < -0.4 is 10.6 Å². The minimum atomic E-state index is -0.202. The molecule has 2 aromatic carbocycles. The highest BCUT2D eigenvalue weighted by atomic mass is 16.2. The van der Waals surface area contributed by atoms with E-state index in [1.165, 1.54) is 0 Å². The molecule has 2 N–H and O–H groups in total. The molecule has 3 aromatic rings. The zero-order valence-corrected chi connectivity index (χ0v) is 15.0. The number of amides is 2. The summed E-state index contributed by atoms with van der Waals surface area (Å²) in [5.41, 5.74) is 2.95. The summed E-state index contributed by atoms with van der Waals surface area (Å²) in [5, 5.41) is 9.78. The van der Waals surface area contributed by atoms with Crippen LogP contribution in [0.1, 0.15) is 11.1 Å².